The highest BCUT2D eigenvalue weighted by molar-refractivity contribution is 7.89. The number of piperazine rings is 1. The Kier molecular flexibility index (Phi) is 5.60. The van der Waals surface area contributed by atoms with Crippen molar-refractivity contribution in [3.63, 3.8) is 0 Å². The Balaban J connectivity index is 1.60. The average molecular weight is 395 g/mol. The van der Waals surface area contributed by atoms with Crippen LogP contribution in [0.4, 0.5) is 0 Å². The third-order valence-electron chi connectivity index (χ3n) is 4.42. The Morgan fingerprint density at radius 3 is 2.19 bits per heavy atom. The number of aryl methyl sites for hydroxylation is 1. The van der Waals surface area contributed by atoms with Crippen LogP contribution in [0.1, 0.15) is 5.56 Å². The number of sulfonamides is 1. The molecule has 2 heterocycles. The zero-order chi connectivity index (χ0) is 18.7. The summed E-state index contributed by atoms with van der Waals surface area (Å²) in [6.45, 7) is 3.59. The Labute approximate surface area is 158 Å². The van der Waals surface area contributed by atoms with Gasteiger partial charge in [0.15, 0.2) is 12.4 Å². The van der Waals surface area contributed by atoms with Gasteiger partial charge in [-0.1, -0.05) is 11.6 Å². The standard InChI is InChI=1S/C18H21ClN3O3S/c1-15-6-8-20(9-7-15)14-18(23)21-10-12-22(13-11-21)26(24,25)17-4-2-16(19)3-5-17/h2-9H,10-14H2,1H3/q+1. The number of carbonyl (C=O) groups is 1. The third-order valence-corrected chi connectivity index (χ3v) is 6.58. The highest BCUT2D eigenvalue weighted by atomic mass is 35.5. The first kappa shape index (κ1) is 18.8. The SMILES string of the molecule is Cc1cc[n+](CC(=O)N2CCN(S(=O)(=O)c3ccc(Cl)cc3)CC2)cc1. The molecule has 8 heteroatoms. The van der Waals surface area contributed by atoms with Gasteiger partial charge < -0.3 is 4.90 Å². The van der Waals surface area contributed by atoms with Crippen LogP contribution in [0, 0.1) is 6.92 Å². The van der Waals surface area contributed by atoms with Crippen LogP contribution >= 0.6 is 11.6 Å². The topological polar surface area (TPSA) is 61.6 Å². The van der Waals surface area contributed by atoms with Crippen molar-refractivity contribution in [3.05, 3.63) is 59.4 Å². The lowest BCUT2D eigenvalue weighted by Gasteiger charge is -2.33. The highest BCUT2D eigenvalue weighted by Gasteiger charge is 2.30. The Morgan fingerprint density at radius 1 is 1.04 bits per heavy atom. The minimum atomic E-state index is -3.56. The summed E-state index contributed by atoms with van der Waals surface area (Å²) in [7, 11) is -3.56. The molecule has 0 radical (unpaired) electrons. The van der Waals surface area contributed by atoms with Crippen molar-refractivity contribution >= 4 is 27.5 Å². The van der Waals surface area contributed by atoms with Gasteiger partial charge in [-0.3, -0.25) is 4.79 Å². The van der Waals surface area contributed by atoms with Crippen molar-refractivity contribution in [2.24, 2.45) is 0 Å². The van der Waals surface area contributed by atoms with E-state index >= 15 is 0 Å². The van der Waals surface area contributed by atoms with Crippen LogP contribution in [0.15, 0.2) is 53.7 Å². The van der Waals surface area contributed by atoms with Gasteiger partial charge in [0.1, 0.15) is 0 Å². The van der Waals surface area contributed by atoms with Gasteiger partial charge in [-0.15, -0.1) is 0 Å². The predicted molar refractivity (Wildman–Crippen MR) is 98.2 cm³/mol. The summed E-state index contributed by atoms with van der Waals surface area (Å²) in [5, 5.41) is 0.493. The average Bonchev–Trinajstić information content (AvgIpc) is 2.64. The lowest BCUT2D eigenvalue weighted by molar-refractivity contribution is -0.685. The summed E-state index contributed by atoms with van der Waals surface area (Å²) in [5.74, 6) is -0.0117. The Morgan fingerprint density at radius 2 is 1.62 bits per heavy atom. The fraction of sp³-hybridized carbons (Fsp3) is 0.333. The van der Waals surface area contributed by atoms with Gasteiger partial charge in [0.25, 0.3) is 5.91 Å². The molecular weight excluding hydrogens is 374 g/mol. The number of halogens is 1. The van der Waals surface area contributed by atoms with Gasteiger partial charge in [-0.05, 0) is 36.8 Å². The number of benzene rings is 1. The Hall–Kier alpha value is -1.96. The van der Waals surface area contributed by atoms with Crippen LogP contribution in [0.25, 0.3) is 0 Å². The van der Waals surface area contributed by atoms with Crippen LogP contribution in [0.3, 0.4) is 0 Å². The van der Waals surface area contributed by atoms with E-state index in [1.165, 1.54) is 16.4 Å². The molecule has 1 saturated heterocycles. The molecule has 1 aliphatic heterocycles. The van der Waals surface area contributed by atoms with Crippen LogP contribution in [-0.4, -0.2) is 49.7 Å². The summed E-state index contributed by atoms with van der Waals surface area (Å²) in [6.07, 6.45) is 3.74. The smallest absolute Gasteiger partial charge is 0.288 e. The van der Waals surface area contributed by atoms with Crippen molar-refractivity contribution < 1.29 is 17.8 Å². The first-order valence-corrected chi connectivity index (χ1v) is 10.2. The minimum Gasteiger partial charge on any atom is -0.335 e. The molecule has 0 spiro atoms. The van der Waals surface area contributed by atoms with Crippen molar-refractivity contribution in [1.82, 2.24) is 9.21 Å². The fourth-order valence-corrected chi connectivity index (χ4v) is 4.38. The molecule has 0 aliphatic carbocycles. The summed E-state index contributed by atoms with van der Waals surface area (Å²) in [4.78, 5) is 14.4. The lowest BCUT2D eigenvalue weighted by atomic mass is 10.3. The molecule has 1 aliphatic rings. The van der Waals surface area contributed by atoms with Crippen molar-refractivity contribution in [3.8, 4) is 0 Å². The van der Waals surface area contributed by atoms with Gasteiger partial charge >= 0.3 is 0 Å². The van der Waals surface area contributed by atoms with Crippen LogP contribution in [0.2, 0.25) is 5.02 Å². The molecule has 2 aromatic rings. The molecule has 0 atom stereocenters. The molecule has 1 amide bonds. The van der Waals surface area contributed by atoms with Crippen molar-refractivity contribution in [2.75, 3.05) is 26.2 Å². The summed E-state index contributed by atoms with van der Waals surface area (Å²) < 4.78 is 28.6. The molecule has 26 heavy (non-hydrogen) atoms. The first-order chi connectivity index (χ1) is 12.4. The molecular formula is C18H21ClN3O3S+. The van der Waals surface area contributed by atoms with Crippen molar-refractivity contribution in [1.29, 1.82) is 0 Å². The van der Waals surface area contributed by atoms with E-state index in [0.29, 0.717) is 18.1 Å². The molecule has 0 bridgehead atoms. The zero-order valence-corrected chi connectivity index (χ0v) is 16.1. The number of rotatable bonds is 4. The number of aromatic nitrogens is 1. The Bertz CT molecular complexity index is 875. The van der Waals surface area contributed by atoms with E-state index in [1.54, 1.807) is 17.0 Å². The van der Waals surface area contributed by atoms with E-state index < -0.39 is 10.0 Å². The van der Waals surface area contributed by atoms with E-state index in [1.807, 2.05) is 36.0 Å². The molecule has 0 N–H and O–H groups in total. The van der Waals surface area contributed by atoms with Gasteiger partial charge in [-0.25, -0.2) is 8.42 Å². The number of nitrogens with zero attached hydrogens (tertiary/aromatic N) is 3. The second kappa shape index (κ2) is 7.73. The quantitative estimate of drug-likeness (QED) is 0.738. The minimum absolute atomic E-state index is 0.0117. The highest BCUT2D eigenvalue weighted by Crippen LogP contribution is 2.19. The first-order valence-electron chi connectivity index (χ1n) is 8.35. The number of carbonyl (C=O) groups excluding carboxylic acids is 1. The second-order valence-electron chi connectivity index (χ2n) is 6.29. The molecule has 1 aromatic carbocycles. The van der Waals surface area contributed by atoms with Gasteiger partial charge in [0, 0.05) is 43.3 Å². The maximum absolute atomic E-state index is 12.7. The number of hydrogen-bond acceptors (Lipinski definition) is 3. The summed E-state index contributed by atoms with van der Waals surface area (Å²) >= 11 is 5.82. The van der Waals surface area contributed by atoms with Crippen LogP contribution in [0.5, 0.6) is 0 Å². The van der Waals surface area contributed by atoms with E-state index in [0.717, 1.165) is 5.56 Å². The number of amides is 1. The molecule has 0 unspecified atom stereocenters. The van der Waals surface area contributed by atoms with E-state index in [-0.39, 0.29) is 30.4 Å². The maximum atomic E-state index is 12.7. The lowest BCUT2D eigenvalue weighted by Crippen LogP contribution is -2.53. The third kappa shape index (κ3) is 4.23. The van der Waals surface area contributed by atoms with Gasteiger partial charge in [0.2, 0.25) is 16.6 Å². The molecule has 0 saturated carbocycles. The molecule has 6 nitrogen and oxygen atoms in total. The normalized spacial score (nSPS) is 15.8. The van der Waals surface area contributed by atoms with Crippen LogP contribution < -0.4 is 4.57 Å². The zero-order valence-electron chi connectivity index (χ0n) is 14.5. The number of pyridine rings is 1. The second-order valence-corrected chi connectivity index (χ2v) is 8.66. The maximum Gasteiger partial charge on any atom is 0.288 e. The van der Waals surface area contributed by atoms with Crippen molar-refractivity contribution in [2.45, 2.75) is 18.4 Å². The largest absolute Gasteiger partial charge is 0.335 e. The van der Waals surface area contributed by atoms with E-state index in [2.05, 4.69) is 0 Å². The van der Waals surface area contributed by atoms with E-state index in [4.69, 9.17) is 11.6 Å². The molecule has 3 rings (SSSR count). The fourth-order valence-electron chi connectivity index (χ4n) is 2.83. The monoisotopic (exact) mass is 394 g/mol. The predicted octanol–water partition coefficient (Wildman–Crippen LogP) is 1.47. The number of hydrogen-bond donors (Lipinski definition) is 0. The summed E-state index contributed by atoms with van der Waals surface area (Å²) in [6, 6.07) is 10.0. The molecule has 1 fully saturated rings. The molecule has 1 aromatic heterocycles. The van der Waals surface area contributed by atoms with Crippen LogP contribution in [-0.2, 0) is 21.4 Å². The molecule has 138 valence electrons. The van der Waals surface area contributed by atoms with Gasteiger partial charge in [-0.2, -0.15) is 8.87 Å². The van der Waals surface area contributed by atoms with Gasteiger partial charge in [0.05, 0.1) is 4.90 Å². The summed E-state index contributed by atoms with van der Waals surface area (Å²) in [5.41, 5.74) is 1.13. The van der Waals surface area contributed by atoms with E-state index in [9.17, 15) is 13.2 Å².